The summed E-state index contributed by atoms with van der Waals surface area (Å²) in [5, 5.41) is 13.7. The van der Waals surface area contributed by atoms with Gasteiger partial charge in [0.05, 0.1) is 29.8 Å². The zero-order valence-corrected chi connectivity index (χ0v) is 19.8. The zero-order chi connectivity index (χ0) is 25.4. The van der Waals surface area contributed by atoms with Gasteiger partial charge in [-0.05, 0) is 24.5 Å². The van der Waals surface area contributed by atoms with Crippen LogP contribution in [0.25, 0.3) is 10.9 Å². The van der Waals surface area contributed by atoms with Gasteiger partial charge in [0.2, 0.25) is 5.43 Å². The van der Waals surface area contributed by atoms with Crippen LogP contribution in [0.5, 0.6) is 5.75 Å². The molecule has 2 aliphatic rings. The molecule has 1 atom stereocenters. The fraction of sp³-hybridized carbons (Fsp3) is 0.346. The fourth-order valence-electron chi connectivity index (χ4n) is 4.67. The van der Waals surface area contributed by atoms with Crippen LogP contribution in [-0.4, -0.2) is 47.6 Å². The van der Waals surface area contributed by atoms with Crippen LogP contribution < -0.4 is 20.8 Å². The maximum atomic E-state index is 15.5. The number of aromatic nitrogens is 1. The molecule has 0 bridgehead atoms. The van der Waals surface area contributed by atoms with Crippen molar-refractivity contribution in [3.05, 3.63) is 69.8 Å². The maximum Gasteiger partial charge on any atom is 0.341 e. The highest BCUT2D eigenvalue weighted by molar-refractivity contribution is 5.98. The maximum absolute atomic E-state index is 15.5. The molecule has 0 amide bonds. The topological polar surface area (TPSA) is 119 Å². The summed E-state index contributed by atoms with van der Waals surface area (Å²) < 4.78 is 22.9. The summed E-state index contributed by atoms with van der Waals surface area (Å²) in [5.74, 6) is -1.82. The Balaban J connectivity index is 1.47. The highest BCUT2D eigenvalue weighted by Crippen LogP contribution is 2.44. The molecule has 1 aliphatic heterocycles. The Morgan fingerprint density at radius 2 is 2.03 bits per heavy atom. The Morgan fingerprint density at radius 1 is 1.28 bits per heavy atom. The summed E-state index contributed by atoms with van der Waals surface area (Å²) >= 11 is 0. The molecule has 3 aromatic rings. The van der Waals surface area contributed by atoms with Crippen LogP contribution in [-0.2, 0) is 11.4 Å². The number of fused-ring (bicyclic) bond motifs is 1. The smallest absolute Gasteiger partial charge is 0.341 e. The monoisotopic (exact) mass is 494 g/mol. The molecule has 36 heavy (non-hydrogen) atoms. The zero-order valence-electron chi connectivity index (χ0n) is 19.8. The van der Waals surface area contributed by atoms with Crippen molar-refractivity contribution in [1.29, 1.82) is 0 Å². The molecule has 1 saturated carbocycles. The van der Waals surface area contributed by atoms with E-state index in [0.29, 0.717) is 30.8 Å². The molecular weight excluding hydrogens is 467 g/mol. The number of carbonyl (C=O) groups is 1. The van der Waals surface area contributed by atoms with Gasteiger partial charge >= 0.3 is 5.97 Å². The Labute approximate surface area is 206 Å². The van der Waals surface area contributed by atoms with Crippen molar-refractivity contribution in [2.45, 2.75) is 38.0 Å². The minimum atomic E-state index is -1.34. The third kappa shape index (κ3) is 4.39. The average molecular weight is 495 g/mol. The first-order valence-electron chi connectivity index (χ1n) is 11.8. The van der Waals surface area contributed by atoms with Crippen molar-refractivity contribution < 1.29 is 23.9 Å². The lowest BCUT2D eigenvalue weighted by Gasteiger charge is -2.34. The number of anilines is 1. The number of carboxylic acids is 1. The number of pyridine rings is 1. The number of benzene rings is 2. The number of aromatic carboxylic acids is 1. The molecule has 10 heteroatoms. The summed E-state index contributed by atoms with van der Waals surface area (Å²) in [5.41, 5.74) is 7.51. The van der Waals surface area contributed by atoms with E-state index in [1.807, 2.05) is 30.3 Å². The molecule has 188 valence electrons. The summed E-state index contributed by atoms with van der Waals surface area (Å²) in [4.78, 5) is 31.8. The van der Waals surface area contributed by atoms with Gasteiger partial charge in [0.1, 0.15) is 17.9 Å². The first-order valence-corrected chi connectivity index (χ1v) is 11.8. The van der Waals surface area contributed by atoms with Crippen LogP contribution >= 0.6 is 0 Å². The third-order valence-corrected chi connectivity index (χ3v) is 6.63. The first kappa shape index (κ1) is 23.8. The number of hydrogen-bond donors (Lipinski definition) is 2. The van der Waals surface area contributed by atoms with E-state index in [1.54, 1.807) is 9.47 Å². The van der Waals surface area contributed by atoms with Gasteiger partial charge in [-0.2, -0.15) is 0 Å². The number of nitrogens with two attached hydrogens (primary N) is 1. The second kappa shape index (κ2) is 9.62. The molecule has 1 aromatic heterocycles. The van der Waals surface area contributed by atoms with Gasteiger partial charge in [0, 0.05) is 31.7 Å². The lowest BCUT2D eigenvalue weighted by Crippen LogP contribution is -2.49. The molecule has 2 heterocycles. The number of hydrogen-bond acceptors (Lipinski definition) is 7. The molecule has 1 unspecified atom stereocenters. The first-order chi connectivity index (χ1) is 17.4. The number of oxime groups is 1. The van der Waals surface area contributed by atoms with Crippen molar-refractivity contribution in [3.8, 4) is 5.75 Å². The van der Waals surface area contributed by atoms with Crippen molar-refractivity contribution in [2.75, 3.05) is 25.1 Å². The van der Waals surface area contributed by atoms with E-state index in [-0.39, 0.29) is 35.0 Å². The van der Waals surface area contributed by atoms with Gasteiger partial charge in [-0.15, -0.1) is 0 Å². The molecule has 0 spiro atoms. The molecule has 2 aromatic carbocycles. The van der Waals surface area contributed by atoms with E-state index in [4.69, 9.17) is 15.3 Å². The van der Waals surface area contributed by atoms with E-state index in [2.05, 4.69) is 5.16 Å². The largest absolute Gasteiger partial charge is 0.492 e. The Kier molecular flexibility index (Phi) is 6.36. The number of carboxylic acid groups (broad SMARTS) is 1. The molecule has 1 saturated heterocycles. The number of ether oxygens (including phenoxy) is 1. The Morgan fingerprint density at radius 3 is 2.67 bits per heavy atom. The molecule has 5 rings (SSSR count). The molecular formula is C26H27FN4O5. The number of piperidine rings is 1. The predicted molar refractivity (Wildman–Crippen MR) is 133 cm³/mol. The Bertz CT molecular complexity index is 1400. The quantitative estimate of drug-likeness (QED) is 0.484. The normalized spacial score (nSPS) is 19.0. The standard InChI is InChI=1S/C26H27FN4O5/c1-35-25-22-17(24(32)18(26(33)34)12-31(22)16-7-8-16)11-19(27)23(25)30-10-9-21(20(28)13-30)29-36-14-15-5-3-2-4-6-15/h2-6,11-12,16,20H,7-10,13-14,28H2,1H3,(H,33,34)/b29-21-. The Hall–Kier alpha value is -3.92. The van der Waals surface area contributed by atoms with Gasteiger partial charge in [-0.3, -0.25) is 4.79 Å². The molecule has 9 nitrogen and oxygen atoms in total. The molecule has 2 fully saturated rings. The second-order valence-corrected chi connectivity index (χ2v) is 9.10. The summed E-state index contributed by atoms with van der Waals surface area (Å²) in [6.07, 6.45) is 3.48. The van der Waals surface area contributed by atoms with Crippen LogP contribution in [0.4, 0.5) is 10.1 Å². The number of rotatable bonds is 7. The molecule has 3 N–H and O–H groups in total. The summed E-state index contributed by atoms with van der Waals surface area (Å²) in [7, 11) is 1.42. The van der Waals surface area contributed by atoms with Crippen LogP contribution in [0, 0.1) is 5.82 Å². The summed E-state index contributed by atoms with van der Waals surface area (Å²) in [6.45, 7) is 1.01. The van der Waals surface area contributed by atoms with E-state index >= 15 is 4.39 Å². The molecule has 1 aliphatic carbocycles. The van der Waals surface area contributed by atoms with E-state index in [0.717, 1.165) is 24.5 Å². The minimum Gasteiger partial charge on any atom is -0.492 e. The third-order valence-electron chi connectivity index (χ3n) is 6.63. The number of nitrogens with zero attached hydrogens (tertiary/aromatic N) is 3. The van der Waals surface area contributed by atoms with Gasteiger partial charge in [-0.25, -0.2) is 9.18 Å². The average Bonchev–Trinajstić information content (AvgIpc) is 3.71. The van der Waals surface area contributed by atoms with Gasteiger partial charge in [0.15, 0.2) is 11.6 Å². The van der Waals surface area contributed by atoms with E-state index in [1.165, 1.54) is 13.3 Å². The predicted octanol–water partition coefficient (Wildman–Crippen LogP) is 3.29. The van der Waals surface area contributed by atoms with Crippen molar-refractivity contribution in [2.24, 2.45) is 10.9 Å². The second-order valence-electron chi connectivity index (χ2n) is 9.10. The van der Waals surface area contributed by atoms with Crippen molar-refractivity contribution in [3.63, 3.8) is 0 Å². The van der Waals surface area contributed by atoms with Gasteiger partial charge in [0.25, 0.3) is 0 Å². The highest BCUT2D eigenvalue weighted by Gasteiger charge is 2.33. The SMILES string of the molecule is COc1c(N2CC/C(=N/OCc3ccccc3)C(N)C2)c(F)cc2c(=O)c(C(=O)O)cn(C3CC3)c12. The lowest BCUT2D eigenvalue weighted by atomic mass is 10.0. The van der Waals surface area contributed by atoms with Crippen LogP contribution in [0.2, 0.25) is 0 Å². The van der Waals surface area contributed by atoms with Gasteiger partial charge in [-0.1, -0.05) is 35.5 Å². The van der Waals surface area contributed by atoms with Crippen molar-refractivity contribution in [1.82, 2.24) is 4.57 Å². The number of methoxy groups -OCH3 is 1. The minimum absolute atomic E-state index is 0.0160. The van der Waals surface area contributed by atoms with Crippen LogP contribution in [0.3, 0.4) is 0 Å². The van der Waals surface area contributed by atoms with Gasteiger partial charge < -0.3 is 29.9 Å². The fourth-order valence-corrected chi connectivity index (χ4v) is 4.67. The van der Waals surface area contributed by atoms with Crippen LogP contribution in [0.15, 0.2) is 52.5 Å². The van der Waals surface area contributed by atoms with Crippen LogP contribution in [0.1, 0.15) is 41.2 Å². The van der Waals surface area contributed by atoms with E-state index < -0.39 is 23.3 Å². The van der Waals surface area contributed by atoms with E-state index in [9.17, 15) is 14.7 Å². The summed E-state index contributed by atoms with van der Waals surface area (Å²) in [6, 6.07) is 10.3. The molecule has 0 radical (unpaired) electrons. The highest BCUT2D eigenvalue weighted by atomic mass is 19.1. The van der Waals surface area contributed by atoms with Crippen molar-refractivity contribution >= 4 is 28.3 Å². The number of halogens is 1. The lowest BCUT2D eigenvalue weighted by molar-refractivity contribution is 0.0694.